The van der Waals surface area contributed by atoms with Crippen LogP contribution in [0, 0.1) is 0 Å². The van der Waals surface area contributed by atoms with E-state index in [1.54, 1.807) is 6.33 Å². The highest BCUT2D eigenvalue weighted by Gasteiger charge is 2.01. The van der Waals surface area contributed by atoms with Crippen LogP contribution in [0.1, 0.15) is 5.69 Å². The number of aromatic nitrogens is 4. The molecule has 0 amide bonds. The van der Waals surface area contributed by atoms with Crippen LogP contribution < -0.4 is 0 Å². The fourth-order valence-corrected chi connectivity index (χ4v) is 1.13. The summed E-state index contributed by atoms with van der Waals surface area (Å²) >= 11 is 0. The lowest BCUT2D eigenvalue weighted by Crippen LogP contribution is -2.00. The molecule has 0 atom stereocenters. The van der Waals surface area contributed by atoms with Crippen molar-refractivity contribution in [2.24, 2.45) is 0 Å². The van der Waals surface area contributed by atoms with E-state index in [0.717, 1.165) is 11.2 Å². The third-order valence-electron chi connectivity index (χ3n) is 1.78. The Morgan fingerprint density at radius 3 is 2.93 bits per heavy atom. The minimum atomic E-state index is 0.693. The molecule has 0 aliphatic heterocycles. The van der Waals surface area contributed by atoms with Crippen LogP contribution in [-0.2, 0) is 0 Å². The molecular weight excluding hydrogens is 178 g/mol. The highest BCUT2D eigenvalue weighted by molar-refractivity contribution is 5.78. The van der Waals surface area contributed by atoms with Gasteiger partial charge in [0.05, 0.1) is 12.0 Å². The van der Waals surface area contributed by atoms with Crippen molar-refractivity contribution in [3.8, 4) is 0 Å². The minimum Gasteiger partial charge on any atom is -0.383 e. The van der Waals surface area contributed by atoms with Gasteiger partial charge in [-0.05, 0) is 6.08 Å². The van der Waals surface area contributed by atoms with Crippen LogP contribution in [-0.4, -0.2) is 38.9 Å². The first-order valence-electron chi connectivity index (χ1n) is 4.26. The lowest BCUT2D eigenvalue weighted by molar-refractivity contribution is 0.567. The Morgan fingerprint density at radius 1 is 1.29 bits per heavy atom. The molecule has 0 saturated heterocycles. The third kappa shape index (κ3) is 1.56. The maximum absolute atomic E-state index is 4.16. The van der Waals surface area contributed by atoms with Gasteiger partial charge < -0.3 is 9.88 Å². The molecule has 0 saturated carbocycles. The summed E-state index contributed by atoms with van der Waals surface area (Å²) in [6.45, 7) is 0. The molecule has 0 spiro atoms. The summed E-state index contributed by atoms with van der Waals surface area (Å²) in [5.41, 5.74) is 2.41. The molecular formula is C9H11N5. The van der Waals surface area contributed by atoms with Crippen LogP contribution in [0.4, 0.5) is 0 Å². The van der Waals surface area contributed by atoms with Crippen LogP contribution in [0.3, 0.4) is 0 Å². The smallest absolute Gasteiger partial charge is 0.181 e. The second-order valence-corrected chi connectivity index (χ2v) is 3.14. The van der Waals surface area contributed by atoms with Gasteiger partial charge in [0, 0.05) is 20.3 Å². The van der Waals surface area contributed by atoms with Crippen molar-refractivity contribution < 1.29 is 0 Å². The molecule has 0 unspecified atom stereocenters. The monoisotopic (exact) mass is 189 g/mol. The van der Waals surface area contributed by atoms with Crippen molar-refractivity contribution in [2.45, 2.75) is 0 Å². The first-order chi connectivity index (χ1) is 6.77. The van der Waals surface area contributed by atoms with Gasteiger partial charge in [0.25, 0.3) is 0 Å². The first-order valence-corrected chi connectivity index (χ1v) is 4.26. The van der Waals surface area contributed by atoms with E-state index in [9.17, 15) is 0 Å². The van der Waals surface area contributed by atoms with E-state index in [1.165, 1.54) is 6.33 Å². The Balaban J connectivity index is 2.46. The van der Waals surface area contributed by atoms with Gasteiger partial charge in [0.1, 0.15) is 11.8 Å². The Kier molecular flexibility index (Phi) is 2.14. The zero-order valence-electron chi connectivity index (χ0n) is 8.10. The second kappa shape index (κ2) is 3.45. The summed E-state index contributed by atoms with van der Waals surface area (Å²) in [4.78, 5) is 17.2. The Bertz CT molecular complexity index is 457. The van der Waals surface area contributed by atoms with Crippen LogP contribution in [0.15, 0.2) is 18.9 Å². The van der Waals surface area contributed by atoms with Crippen molar-refractivity contribution in [1.29, 1.82) is 0 Å². The topological polar surface area (TPSA) is 57.7 Å². The molecule has 0 aromatic carbocycles. The van der Waals surface area contributed by atoms with E-state index >= 15 is 0 Å². The molecule has 0 radical (unpaired) electrons. The van der Waals surface area contributed by atoms with Crippen molar-refractivity contribution in [3.05, 3.63) is 24.5 Å². The molecule has 5 heteroatoms. The van der Waals surface area contributed by atoms with Gasteiger partial charge in [-0.2, -0.15) is 0 Å². The zero-order chi connectivity index (χ0) is 9.97. The van der Waals surface area contributed by atoms with E-state index in [4.69, 9.17) is 0 Å². The van der Waals surface area contributed by atoms with Gasteiger partial charge >= 0.3 is 0 Å². The summed E-state index contributed by atoms with van der Waals surface area (Å²) in [6, 6.07) is 0. The maximum Gasteiger partial charge on any atom is 0.181 e. The Hall–Kier alpha value is -1.91. The average Bonchev–Trinajstić information content (AvgIpc) is 2.62. The predicted octanol–water partition coefficient (Wildman–Crippen LogP) is 0.885. The quantitative estimate of drug-likeness (QED) is 0.762. The molecule has 2 heterocycles. The number of H-pyrrole nitrogens is 1. The fourth-order valence-electron chi connectivity index (χ4n) is 1.13. The van der Waals surface area contributed by atoms with E-state index in [0.29, 0.717) is 5.65 Å². The molecule has 1 N–H and O–H groups in total. The summed E-state index contributed by atoms with van der Waals surface area (Å²) in [5.74, 6) is 0. The predicted molar refractivity (Wildman–Crippen MR) is 54.4 cm³/mol. The van der Waals surface area contributed by atoms with Crippen LogP contribution >= 0.6 is 0 Å². The van der Waals surface area contributed by atoms with E-state index in [-0.39, 0.29) is 0 Å². The summed E-state index contributed by atoms with van der Waals surface area (Å²) in [5, 5.41) is 0. The maximum atomic E-state index is 4.16. The lowest BCUT2D eigenvalue weighted by atomic mass is 10.3. The van der Waals surface area contributed by atoms with Gasteiger partial charge in [0.2, 0.25) is 0 Å². The first kappa shape index (κ1) is 8.68. The molecule has 2 aromatic heterocycles. The number of nitrogens with zero attached hydrogens (tertiary/aromatic N) is 4. The molecule has 72 valence electrons. The number of aromatic amines is 1. The standard InChI is InChI=1S/C9H11N5/c1-14(2)4-3-7-8-9(12-5-10-7)13-6-11-8/h3-6H,1-2H3,(H,10,11,12,13)/b4-3+. The largest absolute Gasteiger partial charge is 0.383 e. The molecule has 0 fully saturated rings. The normalized spacial score (nSPS) is 11.3. The summed E-state index contributed by atoms with van der Waals surface area (Å²) < 4.78 is 0. The SMILES string of the molecule is CN(C)/C=C/c1ncnc2nc[nH]c12. The molecule has 0 aliphatic rings. The van der Waals surface area contributed by atoms with E-state index in [2.05, 4.69) is 19.9 Å². The van der Waals surface area contributed by atoms with Crippen LogP contribution in [0.25, 0.3) is 17.2 Å². The number of hydrogen-bond acceptors (Lipinski definition) is 4. The average molecular weight is 189 g/mol. The van der Waals surface area contributed by atoms with Crippen LogP contribution in [0.5, 0.6) is 0 Å². The molecule has 0 aliphatic carbocycles. The zero-order valence-corrected chi connectivity index (χ0v) is 8.10. The molecule has 14 heavy (non-hydrogen) atoms. The molecule has 0 bridgehead atoms. The van der Waals surface area contributed by atoms with Gasteiger partial charge in [-0.1, -0.05) is 0 Å². The Labute approximate surface area is 81.5 Å². The fraction of sp³-hybridized carbons (Fsp3) is 0.222. The van der Waals surface area contributed by atoms with Crippen molar-refractivity contribution in [2.75, 3.05) is 14.1 Å². The van der Waals surface area contributed by atoms with E-state index < -0.39 is 0 Å². The van der Waals surface area contributed by atoms with E-state index in [1.807, 2.05) is 31.3 Å². The second-order valence-electron chi connectivity index (χ2n) is 3.14. The van der Waals surface area contributed by atoms with Gasteiger partial charge in [-0.3, -0.25) is 0 Å². The van der Waals surface area contributed by atoms with Crippen molar-refractivity contribution >= 4 is 17.2 Å². The lowest BCUT2D eigenvalue weighted by Gasteiger charge is -2.02. The number of rotatable bonds is 2. The van der Waals surface area contributed by atoms with Gasteiger partial charge in [-0.25, -0.2) is 15.0 Å². The Morgan fingerprint density at radius 2 is 2.14 bits per heavy atom. The summed E-state index contributed by atoms with van der Waals surface area (Å²) in [7, 11) is 3.92. The molecule has 5 nitrogen and oxygen atoms in total. The minimum absolute atomic E-state index is 0.693. The van der Waals surface area contributed by atoms with Crippen LogP contribution in [0.2, 0.25) is 0 Å². The van der Waals surface area contributed by atoms with Crippen molar-refractivity contribution in [3.63, 3.8) is 0 Å². The van der Waals surface area contributed by atoms with Gasteiger partial charge in [-0.15, -0.1) is 0 Å². The number of hydrogen-bond donors (Lipinski definition) is 1. The number of nitrogens with one attached hydrogen (secondary N) is 1. The molecule has 2 aromatic rings. The highest BCUT2D eigenvalue weighted by atomic mass is 15.0. The van der Waals surface area contributed by atoms with Crippen molar-refractivity contribution in [1.82, 2.24) is 24.8 Å². The number of imidazole rings is 1. The van der Waals surface area contributed by atoms with Gasteiger partial charge in [0.15, 0.2) is 5.65 Å². The molecule has 2 rings (SSSR count). The third-order valence-corrected chi connectivity index (χ3v) is 1.78. The highest BCUT2D eigenvalue weighted by Crippen LogP contribution is 2.10. The number of fused-ring (bicyclic) bond motifs is 1. The summed E-state index contributed by atoms with van der Waals surface area (Å²) in [6.07, 6.45) is 6.98.